The number of aliphatic imine (C=N–C) groups is 1. The summed E-state index contributed by atoms with van der Waals surface area (Å²) in [4.78, 5) is 48.5. The molecular formula is C20H32N3O5P. The number of hydrogen-bond donors (Lipinski definition) is 4. The van der Waals surface area contributed by atoms with Crippen molar-refractivity contribution in [2.24, 2.45) is 10.9 Å². The lowest BCUT2D eigenvalue weighted by molar-refractivity contribution is -0.129. The minimum absolute atomic E-state index is 0.163. The highest BCUT2D eigenvalue weighted by Crippen LogP contribution is 2.29. The minimum atomic E-state index is -2.35. The number of methoxy groups -OCH3 is 1. The Morgan fingerprint density at radius 3 is 2.24 bits per heavy atom. The van der Waals surface area contributed by atoms with Crippen molar-refractivity contribution in [3.05, 3.63) is 29.8 Å². The van der Waals surface area contributed by atoms with E-state index in [1.165, 1.54) is 7.05 Å². The van der Waals surface area contributed by atoms with Gasteiger partial charge >= 0.3 is 0 Å². The minimum Gasteiger partial charge on any atom is -0.497 e. The molecule has 0 aromatic heterocycles. The van der Waals surface area contributed by atoms with E-state index in [-0.39, 0.29) is 17.3 Å². The molecular weight excluding hydrogens is 393 g/mol. The smallest absolute Gasteiger partial charge is 0.245 e. The Kier molecular flexibility index (Phi) is 10.8. The number of carbonyl (C=O) groups is 2. The van der Waals surface area contributed by atoms with Gasteiger partial charge in [0.05, 0.1) is 12.6 Å². The van der Waals surface area contributed by atoms with Gasteiger partial charge in [0.25, 0.3) is 0 Å². The molecule has 1 aromatic rings. The summed E-state index contributed by atoms with van der Waals surface area (Å²) in [5, 5.41) is 5.35. The van der Waals surface area contributed by atoms with E-state index in [0.717, 1.165) is 5.56 Å². The quantitative estimate of drug-likeness (QED) is 0.319. The van der Waals surface area contributed by atoms with Crippen molar-refractivity contribution in [2.45, 2.75) is 52.1 Å². The number of nitrogens with zero attached hydrogens (tertiary/aromatic N) is 1. The number of ether oxygens (including phenoxy) is 1. The van der Waals surface area contributed by atoms with Crippen LogP contribution in [0.15, 0.2) is 29.3 Å². The van der Waals surface area contributed by atoms with Crippen LogP contribution >= 0.6 is 8.38 Å². The maximum atomic E-state index is 12.9. The van der Waals surface area contributed by atoms with Crippen LogP contribution in [-0.2, 0) is 16.0 Å². The van der Waals surface area contributed by atoms with Gasteiger partial charge in [0.15, 0.2) is 0 Å². The Morgan fingerprint density at radius 1 is 1.17 bits per heavy atom. The molecule has 9 heteroatoms. The van der Waals surface area contributed by atoms with Gasteiger partial charge in [-0.25, -0.2) is 0 Å². The van der Waals surface area contributed by atoms with Crippen LogP contribution < -0.4 is 15.4 Å². The van der Waals surface area contributed by atoms with E-state index in [0.29, 0.717) is 25.0 Å². The van der Waals surface area contributed by atoms with Crippen LogP contribution in [0.2, 0.25) is 0 Å². The lowest BCUT2D eigenvalue weighted by Crippen LogP contribution is -2.50. The second-order valence-electron chi connectivity index (χ2n) is 7.06. The summed E-state index contributed by atoms with van der Waals surface area (Å²) in [5.74, 6) is 0.140. The second-order valence-corrected chi connectivity index (χ2v) is 8.16. The van der Waals surface area contributed by atoms with Crippen molar-refractivity contribution in [3.8, 4) is 5.75 Å². The van der Waals surface area contributed by atoms with Gasteiger partial charge < -0.3 is 25.2 Å². The van der Waals surface area contributed by atoms with E-state index in [1.807, 2.05) is 26.0 Å². The molecule has 0 radical (unpaired) electrons. The monoisotopic (exact) mass is 425 g/mol. The molecule has 0 aliphatic heterocycles. The fourth-order valence-electron chi connectivity index (χ4n) is 2.78. The average molecular weight is 425 g/mol. The van der Waals surface area contributed by atoms with Gasteiger partial charge in [0.2, 0.25) is 20.2 Å². The predicted octanol–water partition coefficient (Wildman–Crippen LogP) is 1.99. The summed E-state index contributed by atoms with van der Waals surface area (Å²) in [7, 11) is 0.742. The topological polar surface area (TPSA) is 120 Å². The molecule has 1 unspecified atom stereocenters. The summed E-state index contributed by atoms with van der Waals surface area (Å²) in [6.45, 7) is 5.66. The third-order valence-corrected chi connectivity index (χ3v) is 5.22. The Balaban J connectivity index is 3.03. The molecule has 2 atom stereocenters. The maximum absolute atomic E-state index is 12.9. The zero-order chi connectivity index (χ0) is 22.0. The molecule has 0 fully saturated rings. The van der Waals surface area contributed by atoms with Crippen LogP contribution in [0.25, 0.3) is 0 Å². The first-order chi connectivity index (χ1) is 13.7. The molecule has 4 N–H and O–H groups in total. The van der Waals surface area contributed by atoms with E-state index in [2.05, 4.69) is 15.6 Å². The molecule has 0 spiro atoms. The predicted molar refractivity (Wildman–Crippen MR) is 115 cm³/mol. The van der Waals surface area contributed by atoms with Crippen molar-refractivity contribution in [2.75, 3.05) is 14.2 Å². The summed E-state index contributed by atoms with van der Waals surface area (Å²) in [6.07, 6.45) is 1.08. The number of nitrogens with one attached hydrogen (secondary N) is 2. The van der Waals surface area contributed by atoms with Gasteiger partial charge in [-0.2, -0.15) is 0 Å². The first-order valence-corrected chi connectivity index (χ1v) is 10.9. The average Bonchev–Trinajstić information content (AvgIpc) is 2.69. The molecule has 162 valence electrons. The number of likely N-dealkylation sites (N-methyl/N-ethyl adjacent to an activating group) is 1. The number of rotatable bonds is 11. The molecule has 0 bridgehead atoms. The van der Waals surface area contributed by atoms with E-state index < -0.39 is 26.4 Å². The molecule has 8 nitrogen and oxygen atoms in total. The second kappa shape index (κ2) is 12.5. The lowest BCUT2D eigenvalue weighted by atomic mass is 10.0. The number of benzene rings is 1. The van der Waals surface area contributed by atoms with Crippen LogP contribution in [0, 0.1) is 5.92 Å². The summed E-state index contributed by atoms with van der Waals surface area (Å²) in [5.41, 5.74) is 1.07. The van der Waals surface area contributed by atoms with Crippen LogP contribution in [0.1, 0.15) is 39.2 Å². The molecule has 0 aliphatic rings. The number of amides is 2. The van der Waals surface area contributed by atoms with Crippen LogP contribution in [0.3, 0.4) is 0 Å². The number of carbonyl (C=O) groups excluding carboxylic acids is 2. The van der Waals surface area contributed by atoms with E-state index in [4.69, 9.17) is 4.74 Å². The highest BCUT2D eigenvalue weighted by molar-refractivity contribution is 7.64. The van der Waals surface area contributed by atoms with E-state index in [1.54, 1.807) is 26.2 Å². The number of hydrogen-bond acceptors (Lipinski definition) is 6. The van der Waals surface area contributed by atoms with Crippen LogP contribution in [0.5, 0.6) is 5.75 Å². The van der Waals surface area contributed by atoms with Crippen molar-refractivity contribution in [1.82, 2.24) is 10.6 Å². The fourth-order valence-corrected chi connectivity index (χ4v) is 3.30. The highest BCUT2D eigenvalue weighted by Gasteiger charge is 2.26. The molecule has 2 amide bonds. The summed E-state index contributed by atoms with van der Waals surface area (Å²) >= 11 is 0. The van der Waals surface area contributed by atoms with E-state index in [9.17, 15) is 19.4 Å². The Bertz CT molecular complexity index is 692. The zero-order valence-corrected chi connectivity index (χ0v) is 18.6. The van der Waals surface area contributed by atoms with Gasteiger partial charge in [-0.1, -0.05) is 32.9 Å². The first kappa shape index (κ1) is 25.0. The van der Waals surface area contributed by atoms with Crippen molar-refractivity contribution in [3.63, 3.8) is 0 Å². The highest BCUT2D eigenvalue weighted by atomic mass is 31.2. The summed E-state index contributed by atoms with van der Waals surface area (Å²) in [6, 6.07) is 5.69. The normalized spacial score (nSPS) is 13.9. The fraction of sp³-hybridized carbons (Fsp3) is 0.550. The third kappa shape index (κ3) is 8.48. The van der Waals surface area contributed by atoms with Crippen LogP contribution in [-0.4, -0.2) is 53.3 Å². The summed E-state index contributed by atoms with van der Waals surface area (Å²) < 4.78 is 5.14. The molecule has 1 rings (SSSR count). The molecule has 0 heterocycles. The standard InChI is InChI=1S/C20H32N3O5P/c1-6-18(29(26)27)22-16(11-13(2)3)20(25)23-17(19(24)21-4)12-14-7-9-15(28-5)10-8-14/h7-10,13,16-17,26-27H,6,11-12H2,1-5H3,(H,21,24)(H,23,25)/t16?,17-/m0/s1. The van der Waals surface area contributed by atoms with Crippen molar-refractivity contribution < 1.29 is 24.1 Å². The van der Waals surface area contributed by atoms with Crippen molar-refractivity contribution in [1.29, 1.82) is 0 Å². The van der Waals surface area contributed by atoms with Gasteiger partial charge in [0, 0.05) is 13.5 Å². The van der Waals surface area contributed by atoms with Gasteiger partial charge in [0.1, 0.15) is 17.8 Å². The van der Waals surface area contributed by atoms with Crippen LogP contribution in [0.4, 0.5) is 0 Å². The van der Waals surface area contributed by atoms with E-state index >= 15 is 0 Å². The van der Waals surface area contributed by atoms with Gasteiger partial charge in [-0.3, -0.25) is 14.6 Å². The first-order valence-electron chi connectivity index (χ1n) is 9.61. The molecule has 1 aromatic carbocycles. The Morgan fingerprint density at radius 2 is 1.79 bits per heavy atom. The molecule has 0 aliphatic carbocycles. The maximum Gasteiger partial charge on any atom is 0.245 e. The Hall–Kier alpha value is -2.02. The largest absolute Gasteiger partial charge is 0.497 e. The Labute approximate surface area is 173 Å². The zero-order valence-electron chi connectivity index (χ0n) is 17.7. The van der Waals surface area contributed by atoms with Gasteiger partial charge in [-0.05, 0) is 36.5 Å². The third-order valence-electron chi connectivity index (χ3n) is 4.33. The molecule has 0 saturated carbocycles. The van der Waals surface area contributed by atoms with Gasteiger partial charge in [-0.15, -0.1) is 0 Å². The SMILES string of the molecule is CCC(=NC(CC(C)C)C(=O)N[C@@H](Cc1ccc(OC)cc1)C(=O)NC)P(O)O. The van der Waals surface area contributed by atoms with Crippen molar-refractivity contribution >= 4 is 25.6 Å². The molecule has 29 heavy (non-hydrogen) atoms. The lowest BCUT2D eigenvalue weighted by Gasteiger charge is -2.22. The molecule has 0 saturated heterocycles.